The van der Waals surface area contributed by atoms with Crippen LogP contribution in [0.25, 0.3) is 0 Å². The van der Waals surface area contributed by atoms with Crippen molar-refractivity contribution in [2.75, 3.05) is 0 Å². The van der Waals surface area contributed by atoms with Gasteiger partial charge in [-0.05, 0) is 55.2 Å². The summed E-state index contributed by atoms with van der Waals surface area (Å²) >= 11 is 6.31. The Hall–Kier alpha value is -1.51. The SMILES string of the molecule is Cc1cccc(Oc2ccc(CNC3CC3)c(Cl)c2)c1. The van der Waals surface area contributed by atoms with E-state index < -0.39 is 0 Å². The largest absolute Gasteiger partial charge is 0.457 e. The molecule has 1 saturated carbocycles. The van der Waals surface area contributed by atoms with E-state index in [-0.39, 0.29) is 0 Å². The summed E-state index contributed by atoms with van der Waals surface area (Å²) in [4.78, 5) is 0. The molecule has 0 amide bonds. The van der Waals surface area contributed by atoms with E-state index in [1.54, 1.807) is 0 Å². The van der Waals surface area contributed by atoms with Gasteiger partial charge in [-0.2, -0.15) is 0 Å². The summed E-state index contributed by atoms with van der Waals surface area (Å²) in [6, 6.07) is 14.6. The average molecular weight is 288 g/mol. The van der Waals surface area contributed by atoms with E-state index >= 15 is 0 Å². The second kappa shape index (κ2) is 5.86. The van der Waals surface area contributed by atoms with Gasteiger partial charge in [-0.3, -0.25) is 0 Å². The molecular weight excluding hydrogens is 270 g/mol. The second-order valence-electron chi connectivity index (χ2n) is 5.33. The molecule has 0 heterocycles. The van der Waals surface area contributed by atoms with Crippen LogP contribution in [0.15, 0.2) is 42.5 Å². The molecule has 1 fully saturated rings. The molecule has 0 unspecified atom stereocenters. The minimum absolute atomic E-state index is 0.689. The van der Waals surface area contributed by atoms with Crippen molar-refractivity contribution in [3.8, 4) is 11.5 Å². The summed E-state index contributed by atoms with van der Waals surface area (Å²) in [6.07, 6.45) is 2.57. The van der Waals surface area contributed by atoms with Crippen LogP contribution in [0.2, 0.25) is 5.02 Å². The highest BCUT2D eigenvalue weighted by Gasteiger charge is 2.20. The number of nitrogens with one attached hydrogen (secondary N) is 1. The van der Waals surface area contributed by atoms with E-state index in [1.807, 2.05) is 49.4 Å². The molecule has 0 spiro atoms. The summed E-state index contributed by atoms with van der Waals surface area (Å²) in [5.74, 6) is 1.61. The predicted molar refractivity (Wildman–Crippen MR) is 82.6 cm³/mol. The lowest BCUT2D eigenvalue weighted by Crippen LogP contribution is -2.15. The van der Waals surface area contributed by atoms with Gasteiger partial charge in [0.05, 0.1) is 0 Å². The van der Waals surface area contributed by atoms with Gasteiger partial charge in [0.25, 0.3) is 0 Å². The van der Waals surface area contributed by atoms with Gasteiger partial charge in [0, 0.05) is 17.6 Å². The van der Waals surface area contributed by atoms with Gasteiger partial charge in [0.2, 0.25) is 0 Å². The van der Waals surface area contributed by atoms with Crippen LogP contribution < -0.4 is 10.1 Å². The van der Waals surface area contributed by atoms with Crippen molar-refractivity contribution in [2.45, 2.75) is 32.4 Å². The van der Waals surface area contributed by atoms with Gasteiger partial charge in [-0.1, -0.05) is 29.8 Å². The molecular formula is C17H18ClNO. The van der Waals surface area contributed by atoms with Crippen molar-refractivity contribution in [1.29, 1.82) is 0 Å². The van der Waals surface area contributed by atoms with Crippen molar-refractivity contribution in [3.63, 3.8) is 0 Å². The smallest absolute Gasteiger partial charge is 0.128 e. The number of ether oxygens (including phenoxy) is 1. The van der Waals surface area contributed by atoms with E-state index in [0.29, 0.717) is 6.04 Å². The van der Waals surface area contributed by atoms with E-state index in [9.17, 15) is 0 Å². The Kier molecular flexibility index (Phi) is 3.95. The summed E-state index contributed by atoms with van der Waals surface area (Å²) in [5.41, 5.74) is 2.30. The minimum Gasteiger partial charge on any atom is -0.457 e. The van der Waals surface area contributed by atoms with Gasteiger partial charge in [0.15, 0.2) is 0 Å². The fourth-order valence-corrected chi connectivity index (χ4v) is 2.33. The Morgan fingerprint density at radius 2 is 1.95 bits per heavy atom. The van der Waals surface area contributed by atoms with E-state index in [0.717, 1.165) is 28.6 Å². The predicted octanol–water partition coefficient (Wildman–Crippen LogP) is 4.69. The highest BCUT2D eigenvalue weighted by Crippen LogP contribution is 2.28. The van der Waals surface area contributed by atoms with Gasteiger partial charge < -0.3 is 10.1 Å². The molecule has 104 valence electrons. The maximum Gasteiger partial charge on any atom is 0.128 e. The van der Waals surface area contributed by atoms with Crippen LogP contribution in [0, 0.1) is 6.92 Å². The number of hydrogen-bond acceptors (Lipinski definition) is 2. The standard InChI is InChI=1S/C17H18ClNO/c1-12-3-2-4-15(9-12)20-16-8-5-13(17(18)10-16)11-19-14-6-7-14/h2-5,8-10,14,19H,6-7,11H2,1H3. The molecule has 1 aliphatic rings. The molecule has 2 aromatic carbocycles. The molecule has 0 aromatic heterocycles. The van der Waals surface area contributed by atoms with E-state index in [1.165, 1.54) is 18.4 Å². The molecule has 0 radical (unpaired) electrons. The third-order valence-corrected chi connectivity index (χ3v) is 3.76. The van der Waals surface area contributed by atoms with E-state index in [4.69, 9.17) is 16.3 Å². The Bertz CT molecular complexity index is 608. The number of halogens is 1. The van der Waals surface area contributed by atoms with Gasteiger partial charge in [-0.15, -0.1) is 0 Å². The molecule has 20 heavy (non-hydrogen) atoms. The Morgan fingerprint density at radius 1 is 1.15 bits per heavy atom. The molecule has 0 atom stereocenters. The Balaban J connectivity index is 1.69. The molecule has 2 nitrogen and oxygen atoms in total. The summed E-state index contributed by atoms with van der Waals surface area (Å²) in [6.45, 7) is 2.88. The van der Waals surface area contributed by atoms with Crippen LogP contribution >= 0.6 is 11.6 Å². The normalized spacial score (nSPS) is 14.3. The summed E-state index contributed by atoms with van der Waals surface area (Å²) in [5, 5.41) is 4.22. The number of aryl methyl sites for hydroxylation is 1. The third kappa shape index (κ3) is 3.53. The number of hydrogen-bond donors (Lipinski definition) is 1. The molecule has 1 aliphatic carbocycles. The van der Waals surface area contributed by atoms with Crippen molar-refractivity contribution in [3.05, 3.63) is 58.6 Å². The molecule has 3 rings (SSSR count). The van der Waals surface area contributed by atoms with Gasteiger partial charge >= 0.3 is 0 Å². The molecule has 1 N–H and O–H groups in total. The highest BCUT2D eigenvalue weighted by atomic mass is 35.5. The van der Waals surface area contributed by atoms with Gasteiger partial charge in [-0.25, -0.2) is 0 Å². The molecule has 0 bridgehead atoms. The Labute approximate surface area is 124 Å². The van der Waals surface area contributed by atoms with Crippen LogP contribution in [0.4, 0.5) is 0 Å². The molecule has 0 saturated heterocycles. The minimum atomic E-state index is 0.689. The zero-order valence-corrected chi connectivity index (χ0v) is 12.3. The maximum absolute atomic E-state index is 6.31. The zero-order chi connectivity index (χ0) is 13.9. The summed E-state index contributed by atoms with van der Waals surface area (Å²) in [7, 11) is 0. The molecule has 2 aromatic rings. The Morgan fingerprint density at radius 3 is 2.65 bits per heavy atom. The van der Waals surface area contributed by atoms with Crippen LogP contribution in [0.5, 0.6) is 11.5 Å². The van der Waals surface area contributed by atoms with E-state index in [2.05, 4.69) is 5.32 Å². The average Bonchev–Trinajstić information content (AvgIpc) is 3.22. The first-order valence-corrected chi connectivity index (χ1v) is 7.35. The van der Waals surface area contributed by atoms with Crippen LogP contribution in [-0.4, -0.2) is 6.04 Å². The van der Waals surface area contributed by atoms with Crippen LogP contribution in [0.3, 0.4) is 0 Å². The zero-order valence-electron chi connectivity index (χ0n) is 11.5. The van der Waals surface area contributed by atoms with Crippen molar-refractivity contribution >= 4 is 11.6 Å². The highest BCUT2D eigenvalue weighted by molar-refractivity contribution is 6.31. The van der Waals surface area contributed by atoms with Crippen LogP contribution in [-0.2, 0) is 6.54 Å². The fourth-order valence-electron chi connectivity index (χ4n) is 2.09. The molecule has 3 heteroatoms. The van der Waals surface area contributed by atoms with Crippen molar-refractivity contribution in [1.82, 2.24) is 5.32 Å². The van der Waals surface area contributed by atoms with Crippen molar-refractivity contribution < 1.29 is 4.74 Å². The third-order valence-electron chi connectivity index (χ3n) is 3.41. The van der Waals surface area contributed by atoms with Crippen LogP contribution in [0.1, 0.15) is 24.0 Å². The van der Waals surface area contributed by atoms with Gasteiger partial charge in [0.1, 0.15) is 11.5 Å². The molecule has 0 aliphatic heterocycles. The lowest BCUT2D eigenvalue weighted by Gasteiger charge is -2.10. The first-order valence-electron chi connectivity index (χ1n) is 6.97. The van der Waals surface area contributed by atoms with Crippen molar-refractivity contribution in [2.24, 2.45) is 0 Å². The lowest BCUT2D eigenvalue weighted by atomic mass is 10.2. The number of benzene rings is 2. The number of rotatable bonds is 5. The maximum atomic E-state index is 6.31. The topological polar surface area (TPSA) is 21.3 Å². The summed E-state index contributed by atoms with van der Waals surface area (Å²) < 4.78 is 5.83. The quantitative estimate of drug-likeness (QED) is 0.861. The fraction of sp³-hybridized carbons (Fsp3) is 0.294. The lowest BCUT2D eigenvalue weighted by molar-refractivity contribution is 0.482. The first-order chi connectivity index (χ1) is 9.70. The monoisotopic (exact) mass is 287 g/mol. The first kappa shape index (κ1) is 13.5. The second-order valence-corrected chi connectivity index (χ2v) is 5.73.